The van der Waals surface area contributed by atoms with E-state index >= 15 is 0 Å². The highest BCUT2D eigenvalue weighted by molar-refractivity contribution is 9.10. The van der Waals surface area contributed by atoms with Gasteiger partial charge in [0, 0.05) is 10.5 Å². The van der Waals surface area contributed by atoms with E-state index in [-0.39, 0.29) is 30.8 Å². The molecule has 2 heterocycles. The number of halogens is 1. The van der Waals surface area contributed by atoms with E-state index in [0.717, 1.165) is 17.3 Å². The zero-order valence-electron chi connectivity index (χ0n) is 14.1. The van der Waals surface area contributed by atoms with Crippen LogP contribution < -0.4 is 14.7 Å². The largest absolute Gasteiger partial charge is 0.539 e. The number of benzene rings is 1. The monoisotopic (exact) mass is 420 g/mol. The number of carbonyl (C=O) groups excluding carboxylic acids is 2. The van der Waals surface area contributed by atoms with Crippen molar-refractivity contribution in [1.29, 1.82) is 0 Å². The number of imide groups is 1. The first kappa shape index (κ1) is 17.2. The summed E-state index contributed by atoms with van der Waals surface area (Å²) in [4.78, 5) is 28.7. The molecule has 4 rings (SSSR count). The van der Waals surface area contributed by atoms with Gasteiger partial charge in [-0.15, -0.1) is 0 Å². The van der Waals surface area contributed by atoms with Crippen molar-refractivity contribution in [2.45, 2.75) is 37.9 Å². The maximum Gasteiger partial charge on any atom is 0.251 e. The predicted octanol–water partition coefficient (Wildman–Crippen LogP) is 0.632. The lowest BCUT2D eigenvalue weighted by Crippen LogP contribution is -2.46. The predicted molar refractivity (Wildman–Crippen MR) is 90.7 cm³/mol. The minimum Gasteiger partial charge on any atom is -0.539 e. The fourth-order valence-corrected chi connectivity index (χ4v) is 3.57. The van der Waals surface area contributed by atoms with Crippen molar-refractivity contribution in [2.75, 3.05) is 4.90 Å². The molecule has 1 aromatic carbocycles. The Morgan fingerprint density at radius 2 is 2.04 bits per heavy atom. The highest BCUT2D eigenvalue weighted by atomic mass is 79.9. The van der Waals surface area contributed by atoms with E-state index in [9.17, 15) is 14.7 Å². The summed E-state index contributed by atoms with van der Waals surface area (Å²) >= 11 is 3.35. The lowest BCUT2D eigenvalue weighted by Gasteiger charge is -2.25. The molecular formula is C17H17BrN4O4. The topological polar surface area (TPSA) is 93.6 Å². The smallest absolute Gasteiger partial charge is 0.251 e. The van der Waals surface area contributed by atoms with E-state index < -0.39 is 12.0 Å². The summed E-state index contributed by atoms with van der Waals surface area (Å²) in [5.41, 5.74) is 0.931. The van der Waals surface area contributed by atoms with Crippen LogP contribution in [0.4, 0.5) is 5.69 Å². The summed E-state index contributed by atoms with van der Waals surface area (Å²) in [5, 5.41) is 15.5. The molecule has 1 saturated carbocycles. The first-order valence-electron chi connectivity index (χ1n) is 8.35. The molecule has 1 aromatic heterocycles. The fraction of sp³-hybridized carbons (Fsp3) is 0.412. The molecule has 9 heteroatoms. The van der Waals surface area contributed by atoms with Gasteiger partial charge < -0.3 is 9.63 Å². The molecule has 0 N–H and O–H groups in total. The molecule has 0 bridgehead atoms. The molecule has 8 nitrogen and oxygen atoms in total. The molecule has 1 aliphatic carbocycles. The minimum atomic E-state index is -0.576. The molecule has 136 valence electrons. The van der Waals surface area contributed by atoms with Crippen molar-refractivity contribution >= 4 is 33.4 Å². The summed E-state index contributed by atoms with van der Waals surface area (Å²) in [7, 11) is 1.63. The van der Waals surface area contributed by atoms with E-state index in [4.69, 9.17) is 0 Å². The Bertz CT molecular complexity index is 843. The van der Waals surface area contributed by atoms with Crippen LogP contribution in [0, 0.1) is 0 Å². The number of amides is 2. The van der Waals surface area contributed by atoms with E-state index in [2.05, 4.69) is 25.7 Å². The number of aromatic nitrogens is 2. The van der Waals surface area contributed by atoms with Crippen LogP contribution in [0.3, 0.4) is 0 Å². The summed E-state index contributed by atoms with van der Waals surface area (Å²) in [6.45, 7) is 0.237. The molecule has 0 radical (unpaired) electrons. The lowest BCUT2D eigenvalue weighted by atomic mass is 10.2. The molecule has 1 atom stereocenters. The minimum absolute atomic E-state index is 0.106. The Morgan fingerprint density at radius 1 is 1.35 bits per heavy atom. The Labute approximate surface area is 158 Å². The van der Waals surface area contributed by atoms with Crippen molar-refractivity contribution in [3.8, 4) is 5.95 Å². The Balaban J connectivity index is 1.60. The molecule has 1 aliphatic heterocycles. The van der Waals surface area contributed by atoms with Gasteiger partial charge in [-0.3, -0.25) is 14.5 Å². The molecule has 1 saturated heterocycles. The van der Waals surface area contributed by atoms with Crippen molar-refractivity contribution in [3.63, 3.8) is 0 Å². The van der Waals surface area contributed by atoms with Gasteiger partial charge in [0.25, 0.3) is 5.91 Å². The maximum atomic E-state index is 13.0. The zero-order chi connectivity index (χ0) is 18.4. The van der Waals surface area contributed by atoms with Crippen LogP contribution in [0.2, 0.25) is 0 Å². The van der Waals surface area contributed by atoms with Crippen LogP contribution in [0.25, 0.3) is 0 Å². The standard InChI is InChI=1S/C17H17BrN4O4/c1-20-14(17(25)26-19-20)9-21(11-6-7-11)13-8-15(23)22(16(13)24)12-4-2-10(18)3-5-12/h2-5,11,13H,6-9H2,1H3. The molecular weight excluding hydrogens is 404 g/mol. The third-order valence-corrected chi connectivity index (χ3v) is 5.36. The lowest BCUT2D eigenvalue weighted by molar-refractivity contribution is -0.747. The molecule has 2 aromatic rings. The van der Waals surface area contributed by atoms with Crippen LogP contribution in [0.15, 0.2) is 33.3 Å². The summed E-state index contributed by atoms with van der Waals surface area (Å²) in [6.07, 6.45) is 1.99. The van der Waals surface area contributed by atoms with Gasteiger partial charge >= 0.3 is 0 Å². The van der Waals surface area contributed by atoms with Crippen molar-refractivity contribution in [3.05, 3.63) is 34.4 Å². The van der Waals surface area contributed by atoms with Crippen LogP contribution in [-0.2, 0) is 23.2 Å². The number of hydrogen-bond acceptors (Lipinski definition) is 6. The number of anilines is 1. The normalized spacial score (nSPS) is 20.4. The SMILES string of the molecule is C[n+]1noc([O-])c1CN(C1CC1)C1CC(=O)N(c2ccc(Br)cc2)C1=O. The van der Waals surface area contributed by atoms with E-state index in [1.165, 1.54) is 9.58 Å². The van der Waals surface area contributed by atoms with Gasteiger partial charge in [0.1, 0.15) is 0 Å². The second kappa shape index (κ2) is 6.48. The molecule has 2 fully saturated rings. The third kappa shape index (κ3) is 3.01. The van der Waals surface area contributed by atoms with Crippen LogP contribution in [-0.4, -0.2) is 34.1 Å². The number of hydrogen-bond donors (Lipinski definition) is 0. The molecule has 2 amide bonds. The van der Waals surface area contributed by atoms with Crippen LogP contribution in [0.5, 0.6) is 5.95 Å². The van der Waals surface area contributed by atoms with E-state index in [0.29, 0.717) is 11.4 Å². The number of rotatable bonds is 5. The second-order valence-corrected chi connectivity index (χ2v) is 7.51. The molecule has 1 unspecified atom stereocenters. The first-order valence-corrected chi connectivity index (χ1v) is 9.15. The Hall–Kier alpha value is -2.26. The maximum absolute atomic E-state index is 13.0. The second-order valence-electron chi connectivity index (χ2n) is 6.60. The van der Waals surface area contributed by atoms with E-state index in [1.54, 1.807) is 31.3 Å². The summed E-state index contributed by atoms with van der Waals surface area (Å²) < 4.78 is 6.93. The van der Waals surface area contributed by atoms with Gasteiger partial charge in [-0.05, 0) is 37.1 Å². The van der Waals surface area contributed by atoms with Gasteiger partial charge in [-0.25, -0.2) is 4.90 Å². The quantitative estimate of drug-likeness (QED) is 0.520. The molecule has 0 spiro atoms. The third-order valence-electron chi connectivity index (χ3n) is 4.83. The Kier molecular flexibility index (Phi) is 4.28. The average molecular weight is 421 g/mol. The Morgan fingerprint density at radius 3 is 2.62 bits per heavy atom. The average Bonchev–Trinajstić information content (AvgIpc) is 3.35. The number of nitrogens with zero attached hydrogens (tertiary/aromatic N) is 4. The highest BCUT2D eigenvalue weighted by Gasteiger charge is 2.47. The summed E-state index contributed by atoms with van der Waals surface area (Å²) in [6, 6.07) is 6.67. The first-order chi connectivity index (χ1) is 12.5. The van der Waals surface area contributed by atoms with Crippen molar-refractivity contribution < 1.29 is 23.9 Å². The summed E-state index contributed by atoms with van der Waals surface area (Å²) in [5.74, 6) is -1.000. The molecule has 2 aliphatic rings. The van der Waals surface area contributed by atoms with Gasteiger partial charge in [0.15, 0.2) is 13.0 Å². The van der Waals surface area contributed by atoms with Gasteiger partial charge in [-0.2, -0.15) is 0 Å². The fourth-order valence-electron chi connectivity index (χ4n) is 3.31. The van der Waals surface area contributed by atoms with Crippen molar-refractivity contribution in [1.82, 2.24) is 10.2 Å². The van der Waals surface area contributed by atoms with E-state index in [1.807, 2.05) is 4.90 Å². The molecule has 26 heavy (non-hydrogen) atoms. The van der Waals surface area contributed by atoms with Crippen LogP contribution >= 0.6 is 15.9 Å². The number of carbonyl (C=O) groups is 2. The zero-order valence-corrected chi connectivity index (χ0v) is 15.7. The van der Waals surface area contributed by atoms with Crippen molar-refractivity contribution in [2.24, 2.45) is 7.05 Å². The van der Waals surface area contributed by atoms with Gasteiger partial charge in [0.2, 0.25) is 11.6 Å². The highest BCUT2D eigenvalue weighted by Crippen LogP contribution is 2.35. The van der Waals surface area contributed by atoms with Gasteiger partial charge in [0.05, 0.1) is 30.0 Å². The van der Waals surface area contributed by atoms with Crippen LogP contribution in [0.1, 0.15) is 25.0 Å². The number of aryl methyl sites for hydroxylation is 1. The van der Waals surface area contributed by atoms with Gasteiger partial charge in [-0.1, -0.05) is 20.6 Å².